The molecule has 0 aromatic heterocycles. The van der Waals surface area contributed by atoms with Gasteiger partial charge < -0.3 is 0 Å². The van der Waals surface area contributed by atoms with Gasteiger partial charge in [-0.3, -0.25) is 4.99 Å². The molecule has 0 fully saturated rings. The van der Waals surface area contributed by atoms with Gasteiger partial charge in [0.05, 0.1) is 5.55 Å². The van der Waals surface area contributed by atoms with Gasteiger partial charge in [-0.1, -0.05) is 30.3 Å². The summed E-state index contributed by atoms with van der Waals surface area (Å²) >= 11 is 7.29. The molecule has 0 saturated heterocycles. The van der Waals surface area contributed by atoms with Crippen LogP contribution in [-0.4, -0.2) is 9.37 Å². The Kier molecular flexibility index (Phi) is 2.35. The number of hydrogen-bond acceptors (Lipinski definition) is 3. The van der Waals surface area contributed by atoms with Crippen LogP contribution in [0.4, 0.5) is 0 Å². The van der Waals surface area contributed by atoms with Crippen LogP contribution in [0.15, 0.2) is 35.3 Å². The van der Waals surface area contributed by atoms with Crippen molar-refractivity contribution in [2.24, 2.45) is 4.99 Å². The molecular formula is C8H7ClN2S. The lowest BCUT2D eigenvalue weighted by Gasteiger charge is -2.12. The predicted octanol–water partition coefficient (Wildman–Crippen LogP) is 2.83. The first-order valence-corrected chi connectivity index (χ1v) is 4.74. The third kappa shape index (κ3) is 1.48. The molecule has 1 aliphatic heterocycles. The molecule has 0 saturated carbocycles. The van der Waals surface area contributed by atoms with E-state index in [2.05, 4.69) is 4.99 Å². The molecule has 0 amide bonds. The Morgan fingerprint density at radius 3 is 2.67 bits per heavy atom. The Bertz CT molecular complexity index is 288. The zero-order chi connectivity index (χ0) is 8.39. The average molecular weight is 199 g/mol. The molecule has 62 valence electrons. The monoisotopic (exact) mass is 198 g/mol. The Morgan fingerprint density at radius 2 is 2.08 bits per heavy atom. The molecule has 1 atom stereocenters. The van der Waals surface area contributed by atoms with E-state index in [1.165, 1.54) is 11.9 Å². The normalized spacial score (nSPS) is 23.2. The van der Waals surface area contributed by atoms with Gasteiger partial charge in [0.1, 0.15) is 0 Å². The summed E-state index contributed by atoms with van der Waals surface area (Å²) in [6, 6.07) is 9.98. The van der Waals surface area contributed by atoms with E-state index in [9.17, 15) is 0 Å². The molecule has 0 spiro atoms. The van der Waals surface area contributed by atoms with E-state index < -0.39 is 0 Å². The largest absolute Gasteiger partial charge is 0.259 e. The SMILES string of the molecule is ClN1SC=NC1c1ccccc1. The van der Waals surface area contributed by atoms with Gasteiger partial charge >= 0.3 is 0 Å². The number of halogens is 1. The van der Waals surface area contributed by atoms with Gasteiger partial charge in [-0.25, -0.2) is 0 Å². The van der Waals surface area contributed by atoms with E-state index in [0.717, 1.165) is 5.56 Å². The molecule has 1 aliphatic rings. The quantitative estimate of drug-likeness (QED) is 0.510. The average Bonchev–Trinajstić information content (AvgIpc) is 2.53. The summed E-state index contributed by atoms with van der Waals surface area (Å²) in [7, 11) is 0. The first-order valence-electron chi connectivity index (χ1n) is 3.56. The summed E-state index contributed by atoms with van der Waals surface area (Å²) in [6.07, 6.45) is -0.0298. The van der Waals surface area contributed by atoms with Crippen LogP contribution < -0.4 is 0 Å². The van der Waals surface area contributed by atoms with E-state index in [0.29, 0.717) is 0 Å². The minimum absolute atomic E-state index is 0.0298. The van der Waals surface area contributed by atoms with Crippen LogP contribution in [0.25, 0.3) is 0 Å². The highest BCUT2D eigenvalue weighted by atomic mass is 35.5. The van der Waals surface area contributed by atoms with Crippen LogP contribution in [0, 0.1) is 0 Å². The Hall–Kier alpha value is -0.510. The smallest absolute Gasteiger partial charge is 0.152 e. The van der Waals surface area contributed by atoms with Crippen molar-refractivity contribution in [2.45, 2.75) is 6.17 Å². The van der Waals surface area contributed by atoms with Gasteiger partial charge in [0.15, 0.2) is 6.17 Å². The highest BCUT2D eigenvalue weighted by Gasteiger charge is 2.21. The molecule has 0 N–H and O–H groups in total. The fourth-order valence-corrected chi connectivity index (χ4v) is 1.89. The molecule has 12 heavy (non-hydrogen) atoms. The van der Waals surface area contributed by atoms with Crippen molar-refractivity contribution >= 4 is 29.3 Å². The maximum Gasteiger partial charge on any atom is 0.152 e. The van der Waals surface area contributed by atoms with E-state index >= 15 is 0 Å². The molecule has 2 nitrogen and oxygen atoms in total. The minimum atomic E-state index is -0.0298. The Morgan fingerprint density at radius 1 is 1.33 bits per heavy atom. The highest BCUT2D eigenvalue weighted by molar-refractivity contribution is 8.10. The Balaban J connectivity index is 2.25. The second-order valence-corrected chi connectivity index (χ2v) is 3.80. The third-order valence-corrected chi connectivity index (χ3v) is 2.68. The molecule has 2 rings (SSSR count). The van der Waals surface area contributed by atoms with Crippen LogP contribution in [0.3, 0.4) is 0 Å². The molecule has 1 aromatic rings. The predicted molar refractivity (Wildman–Crippen MR) is 53.0 cm³/mol. The fourth-order valence-electron chi connectivity index (χ4n) is 1.07. The summed E-state index contributed by atoms with van der Waals surface area (Å²) in [5.41, 5.74) is 2.87. The van der Waals surface area contributed by atoms with Crippen LogP contribution >= 0.6 is 23.7 Å². The van der Waals surface area contributed by atoms with Gasteiger partial charge in [-0.05, 0) is 29.3 Å². The van der Waals surface area contributed by atoms with Crippen molar-refractivity contribution in [1.82, 2.24) is 3.82 Å². The number of aliphatic imine (C=N–C) groups is 1. The molecule has 0 radical (unpaired) electrons. The lowest BCUT2D eigenvalue weighted by Crippen LogP contribution is -2.04. The zero-order valence-corrected chi connectivity index (χ0v) is 7.79. The standard InChI is InChI=1S/C8H7ClN2S/c9-11-8(10-6-12-11)7-4-2-1-3-5-7/h1-6,8H. The van der Waals surface area contributed by atoms with Crippen LogP contribution in [0.5, 0.6) is 0 Å². The van der Waals surface area contributed by atoms with Gasteiger partial charge in [-0.2, -0.15) is 0 Å². The lowest BCUT2D eigenvalue weighted by molar-refractivity contribution is 0.563. The summed E-state index contributed by atoms with van der Waals surface area (Å²) in [5.74, 6) is 0. The summed E-state index contributed by atoms with van der Waals surface area (Å²) in [4.78, 5) is 4.22. The third-order valence-electron chi connectivity index (χ3n) is 1.64. The van der Waals surface area contributed by atoms with Crippen molar-refractivity contribution in [2.75, 3.05) is 0 Å². The van der Waals surface area contributed by atoms with Crippen LogP contribution in [0.1, 0.15) is 11.7 Å². The van der Waals surface area contributed by atoms with E-state index in [-0.39, 0.29) is 6.17 Å². The Labute approximate surface area is 80.5 Å². The van der Waals surface area contributed by atoms with Crippen molar-refractivity contribution in [3.63, 3.8) is 0 Å². The molecule has 0 aliphatic carbocycles. The summed E-state index contributed by atoms with van der Waals surface area (Å²) in [5, 5.41) is 0. The number of hydrogen-bond donors (Lipinski definition) is 0. The molecular weight excluding hydrogens is 192 g/mol. The van der Waals surface area contributed by atoms with Gasteiger partial charge in [-0.15, -0.1) is 3.82 Å². The van der Waals surface area contributed by atoms with Crippen LogP contribution in [-0.2, 0) is 0 Å². The van der Waals surface area contributed by atoms with E-state index in [1.54, 1.807) is 9.37 Å². The fraction of sp³-hybridized carbons (Fsp3) is 0.125. The number of nitrogens with zero attached hydrogens (tertiary/aromatic N) is 2. The maximum absolute atomic E-state index is 5.88. The number of benzene rings is 1. The van der Waals surface area contributed by atoms with E-state index in [4.69, 9.17) is 11.8 Å². The summed E-state index contributed by atoms with van der Waals surface area (Å²) in [6.45, 7) is 0. The molecule has 1 unspecified atom stereocenters. The van der Waals surface area contributed by atoms with Gasteiger partial charge in [0, 0.05) is 0 Å². The van der Waals surface area contributed by atoms with Crippen molar-refractivity contribution in [1.29, 1.82) is 0 Å². The topological polar surface area (TPSA) is 15.6 Å². The van der Waals surface area contributed by atoms with Crippen LogP contribution in [0.2, 0.25) is 0 Å². The number of rotatable bonds is 1. The van der Waals surface area contributed by atoms with E-state index in [1.807, 2.05) is 30.3 Å². The van der Waals surface area contributed by atoms with Crippen molar-refractivity contribution in [3.8, 4) is 0 Å². The van der Waals surface area contributed by atoms with Crippen molar-refractivity contribution < 1.29 is 0 Å². The highest BCUT2D eigenvalue weighted by Crippen LogP contribution is 2.34. The van der Waals surface area contributed by atoms with Crippen molar-refractivity contribution in [3.05, 3.63) is 35.9 Å². The molecule has 1 aromatic carbocycles. The molecule has 4 heteroatoms. The second-order valence-electron chi connectivity index (χ2n) is 2.42. The lowest BCUT2D eigenvalue weighted by atomic mass is 10.2. The zero-order valence-electron chi connectivity index (χ0n) is 6.22. The second kappa shape index (κ2) is 3.47. The first-order chi connectivity index (χ1) is 5.88. The minimum Gasteiger partial charge on any atom is -0.259 e. The maximum atomic E-state index is 5.88. The van der Waals surface area contributed by atoms with Gasteiger partial charge in [0.2, 0.25) is 0 Å². The molecule has 0 bridgehead atoms. The first kappa shape index (κ1) is 8.10. The molecule has 1 heterocycles. The van der Waals surface area contributed by atoms with Gasteiger partial charge in [0.25, 0.3) is 0 Å². The summed E-state index contributed by atoms with van der Waals surface area (Å²) < 4.78 is 1.61.